The van der Waals surface area contributed by atoms with Crippen LogP contribution in [0.4, 0.5) is 4.39 Å². The first-order valence-electron chi connectivity index (χ1n) is 5.52. The maximum atomic E-state index is 14.2. The van der Waals surface area contributed by atoms with Crippen molar-refractivity contribution in [2.45, 2.75) is 6.92 Å². The van der Waals surface area contributed by atoms with Gasteiger partial charge in [-0.3, -0.25) is 9.78 Å². The van der Waals surface area contributed by atoms with Crippen molar-refractivity contribution in [3.05, 3.63) is 29.7 Å². The zero-order chi connectivity index (χ0) is 14.9. The maximum Gasteiger partial charge on any atom is 0.340 e. The molecule has 0 bridgehead atoms. The number of nitrogens with zero attached hydrogens (tertiary/aromatic N) is 1. The normalized spacial score (nSPS) is 10.3. The fraction of sp³-hybridized carbons (Fsp3) is 0.154. The Kier molecular flexibility index (Phi) is 3.51. The highest BCUT2D eigenvalue weighted by Crippen LogP contribution is 2.32. The van der Waals surface area contributed by atoms with Gasteiger partial charge in [-0.2, -0.15) is 0 Å². The van der Waals surface area contributed by atoms with Crippen molar-refractivity contribution >= 4 is 22.8 Å². The van der Waals surface area contributed by atoms with Crippen molar-refractivity contribution in [1.29, 1.82) is 0 Å². The van der Waals surface area contributed by atoms with Crippen molar-refractivity contribution in [2.24, 2.45) is 0 Å². The van der Waals surface area contributed by atoms with Crippen LogP contribution >= 0.6 is 0 Å². The molecule has 0 aliphatic heterocycles. The summed E-state index contributed by atoms with van der Waals surface area (Å²) >= 11 is 0. The van der Waals surface area contributed by atoms with Gasteiger partial charge in [0.15, 0.2) is 17.3 Å². The van der Waals surface area contributed by atoms with Gasteiger partial charge < -0.3 is 14.6 Å². The summed E-state index contributed by atoms with van der Waals surface area (Å²) in [4.78, 5) is 26.2. The van der Waals surface area contributed by atoms with Gasteiger partial charge in [-0.15, -0.1) is 0 Å². The van der Waals surface area contributed by atoms with Crippen LogP contribution in [-0.4, -0.2) is 29.1 Å². The molecule has 7 heteroatoms. The fourth-order valence-electron chi connectivity index (χ4n) is 1.81. The number of hydrogen-bond donors (Lipinski definition) is 1. The van der Waals surface area contributed by atoms with Crippen molar-refractivity contribution in [1.82, 2.24) is 4.98 Å². The Balaban J connectivity index is 2.85. The molecule has 0 aliphatic rings. The summed E-state index contributed by atoms with van der Waals surface area (Å²) < 4.78 is 23.8. The van der Waals surface area contributed by atoms with Crippen molar-refractivity contribution in [3.63, 3.8) is 0 Å². The maximum absolute atomic E-state index is 14.2. The van der Waals surface area contributed by atoms with E-state index in [0.717, 1.165) is 13.1 Å². The first-order valence-corrected chi connectivity index (χ1v) is 5.52. The molecule has 0 unspecified atom stereocenters. The number of carbonyl (C=O) groups is 2. The van der Waals surface area contributed by atoms with Gasteiger partial charge in [0.2, 0.25) is 0 Å². The summed E-state index contributed by atoms with van der Waals surface area (Å²) in [5.74, 6) is -3.46. The van der Waals surface area contributed by atoms with Crippen molar-refractivity contribution in [2.75, 3.05) is 7.11 Å². The van der Waals surface area contributed by atoms with E-state index in [1.165, 1.54) is 19.2 Å². The van der Waals surface area contributed by atoms with Crippen LogP contribution in [0, 0.1) is 5.82 Å². The lowest BCUT2D eigenvalue weighted by Crippen LogP contribution is -2.09. The van der Waals surface area contributed by atoms with Gasteiger partial charge in [-0.1, -0.05) is 0 Å². The smallest absolute Gasteiger partial charge is 0.340 e. The summed E-state index contributed by atoms with van der Waals surface area (Å²) in [7, 11) is 1.26. The molecule has 0 amide bonds. The molecule has 104 valence electrons. The first kappa shape index (κ1) is 13.7. The van der Waals surface area contributed by atoms with Crippen LogP contribution in [0.1, 0.15) is 17.3 Å². The third-order valence-corrected chi connectivity index (χ3v) is 2.59. The minimum absolute atomic E-state index is 0.122. The molecule has 0 fully saturated rings. The molecule has 1 heterocycles. The second-order valence-electron chi connectivity index (χ2n) is 3.87. The third kappa shape index (κ3) is 2.25. The summed E-state index contributed by atoms with van der Waals surface area (Å²) in [5, 5.41) is 8.97. The number of carboxylic acid groups (broad SMARTS) is 1. The number of aromatic carboxylic acids is 1. The van der Waals surface area contributed by atoms with Crippen LogP contribution in [0.3, 0.4) is 0 Å². The summed E-state index contributed by atoms with van der Waals surface area (Å²) in [5.41, 5.74) is -0.349. The Morgan fingerprint density at radius 1 is 1.30 bits per heavy atom. The first-order chi connectivity index (χ1) is 9.45. The second kappa shape index (κ2) is 5.12. The van der Waals surface area contributed by atoms with E-state index in [-0.39, 0.29) is 22.4 Å². The number of benzene rings is 1. The van der Waals surface area contributed by atoms with Gasteiger partial charge in [0.05, 0.1) is 24.2 Å². The topological polar surface area (TPSA) is 85.7 Å². The van der Waals surface area contributed by atoms with Gasteiger partial charge in [-0.05, 0) is 12.1 Å². The molecule has 2 rings (SSSR count). The molecule has 1 aromatic carbocycles. The number of esters is 1. The minimum atomic E-state index is -1.43. The van der Waals surface area contributed by atoms with Crippen LogP contribution in [-0.2, 0) is 4.79 Å². The van der Waals surface area contributed by atoms with Crippen LogP contribution in [0.5, 0.6) is 11.5 Å². The highest BCUT2D eigenvalue weighted by atomic mass is 19.1. The van der Waals surface area contributed by atoms with Gasteiger partial charge in [0.1, 0.15) is 5.56 Å². The number of rotatable bonds is 3. The van der Waals surface area contributed by atoms with Crippen molar-refractivity contribution < 1.29 is 28.6 Å². The molecule has 6 nitrogen and oxygen atoms in total. The van der Waals surface area contributed by atoms with E-state index in [0.29, 0.717) is 0 Å². The number of carbonyl (C=O) groups excluding carboxylic acids is 1. The third-order valence-electron chi connectivity index (χ3n) is 2.59. The van der Waals surface area contributed by atoms with Crippen LogP contribution < -0.4 is 9.47 Å². The lowest BCUT2D eigenvalue weighted by Gasteiger charge is -2.10. The molecule has 0 aliphatic carbocycles. The molecule has 20 heavy (non-hydrogen) atoms. The predicted octanol–water partition coefficient (Wildman–Crippen LogP) is 2.01. The van der Waals surface area contributed by atoms with E-state index >= 15 is 0 Å². The largest absolute Gasteiger partial charge is 0.494 e. The van der Waals surface area contributed by atoms with Crippen LogP contribution in [0.25, 0.3) is 10.9 Å². The van der Waals surface area contributed by atoms with E-state index < -0.39 is 23.3 Å². The minimum Gasteiger partial charge on any atom is -0.494 e. The molecule has 1 aromatic heterocycles. The quantitative estimate of drug-likeness (QED) is 0.865. The Labute approximate surface area is 112 Å². The van der Waals surface area contributed by atoms with Gasteiger partial charge in [0, 0.05) is 6.92 Å². The molecule has 0 atom stereocenters. The number of carboxylic acids is 1. The molecular weight excluding hydrogens is 269 g/mol. The number of halogens is 1. The number of fused-ring (bicyclic) bond motifs is 1. The average Bonchev–Trinajstić information content (AvgIpc) is 2.38. The van der Waals surface area contributed by atoms with Gasteiger partial charge in [-0.25, -0.2) is 9.18 Å². The number of aromatic nitrogens is 1. The van der Waals surface area contributed by atoms with Gasteiger partial charge >= 0.3 is 11.9 Å². The van der Waals surface area contributed by atoms with Crippen molar-refractivity contribution in [3.8, 4) is 11.5 Å². The molecule has 0 saturated heterocycles. The Morgan fingerprint density at radius 2 is 2.00 bits per heavy atom. The lowest BCUT2D eigenvalue weighted by molar-refractivity contribution is -0.131. The van der Waals surface area contributed by atoms with Crippen LogP contribution in [0.2, 0.25) is 0 Å². The molecule has 1 N–H and O–H groups in total. The van der Waals surface area contributed by atoms with E-state index in [4.69, 9.17) is 9.47 Å². The molecule has 0 radical (unpaired) electrons. The van der Waals surface area contributed by atoms with Crippen LogP contribution in [0.15, 0.2) is 18.3 Å². The zero-order valence-corrected chi connectivity index (χ0v) is 10.6. The summed E-state index contributed by atoms with van der Waals surface area (Å²) in [6.45, 7) is 1.11. The van der Waals surface area contributed by atoms with E-state index in [2.05, 4.69) is 4.98 Å². The lowest BCUT2D eigenvalue weighted by atomic mass is 10.1. The summed E-state index contributed by atoms with van der Waals surface area (Å²) in [6.07, 6.45) is 1.07. The highest BCUT2D eigenvalue weighted by molar-refractivity contribution is 6.06. The SMILES string of the molecule is COc1ccc2ncc(OC(C)=O)c(C(=O)O)c2c1F. The second-order valence-corrected chi connectivity index (χ2v) is 3.87. The number of pyridine rings is 1. The van der Waals surface area contributed by atoms with E-state index in [1.807, 2.05) is 0 Å². The molecular formula is C13H10FNO5. The molecule has 2 aromatic rings. The Hall–Kier alpha value is -2.70. The average molecular weight is 279 g/mol. The highest BCUT2D eigenvalue weighted by Gasteiger charge is 2.22. The summed E-state index contributed by atoms with van der Waals surface area (Å²) in [6, 6.07) is 2.75. The van der Waals surface area contributed by atoms with E-state index in [1.54, 1.807) is 0 Å². The number of methoxy groups -OCH3 is 1. The number of ether oxygens (including phenoxy) is 2. The predicted molar refractivity (Wildman–Crippen MR) is 66.5 cm³/mol. The fourth-order valence-corrected chi connectivity index (χ4v) is 1.81. The standard InChI is InChI=1S/C13H10FNO5/c1-6(16)20-9-5-15-7-3-4-8(19-2)12(14)10(7)11(9)13(17)18/h3-5H,1-2H3,(H,17,18). The Morgan fingerprint density at radius 3 is 2.55 bits per heavy atom. The van der Waals surface area contributed by atoms with Gasteiger partial charge in [0.25, 0.3) is 0 Å². The monoisotopic (exact) mass is 279 g/mol. The number of hydrogen-bond acceptors (Lipinski definition) is 5. The molecule has 0 spiro atoms. The molecule has 0 saturated carbocycles. The zero-order valence-electron chi connectivity index (χ0n) is 10.6. The Bertz CT molecular complexity index is 713. The van der Waals surface area contributed by atoms with E-state index in [9.17, 15) is 19.1 Å².